The van der Waals surface area contributed by atoms with Gasteiger partial charge >= 0.3 is 5.97 Å². The van der Waals surface area contributed by atoms with Crippen LogP contribution in [0, 0.1) is 0 Å². The van der Waals surface area contributed by atoms with Crippen molar-refractivity contribution in [2.24, 2.45) is 0 Å². The molecule has 23 heavy (non-hydrogen) atoms. The van der Waals surface area contributed by atoms with Gasteiger partial charge in [0, 0.05) is 11.6 Å². The highest BCUT2D eigenvalue weighted by Crippen LogP contribution is 2.24. The number of carboxylic acid groups (broad SMARTS) is 1. The highest BCUT2D eigenvalue weighted by molar-refractivity contribution is 6.30. The van der Waals surface area contributed by atoms with Crippen molar-refractivity contribution in [2.75, 3.05) is 13.1 Å². The Morgan fingerprint density at radius 1 is 1.39 bits per heavy atom. The average molecular weight is 342 g/mol. The van der Waals surface area contributed by atoms with Gasteiger partial charge < -0.3 is 19.5 Å². The summed E-state index contributed by atoms with van der Waals surface area (Å²) in [7, 11) is 0. The number of aliphatic carboxylic acids is 1. The molecule has 0 spiro atoms. The van der Waals surface area contributed by atoms with E-state index in [1.807, 2.05) is 0 Å². The lowest BCUT2D eigenvalue weighted by Crippen LogP contribution is -2.57. The molecule has 1 aromatic rings. The lowest BCUT2D eigenvalue weighted by molar-refractivity contribution is -0.171. The highest BCUT2D eigenvalue weighted by Gasteiger charge is 2.40. The Morgan fingerprint density at radius 2 is 2.09 bits per heavy atom. The van der Waals surface area contributed by atoms with Crippen molar-refractivity contribution in [3.8, 4) is 5.75 Å². The average Bonchev–Trinajstić information content (AvgIpc) is 2.45. The van der Waals surface area contributed by atoms with Crippen molar-refractivity contribution >= 4 is 23.5 Å². The van der Waals surface area contributed by atoms with E-state index in [0.29, 0.717) is 17.3 Å². The van der Waals surface area contributed by atoms with Crippen LogP contribution < -0.4 is 4.74 Å². The number of halogens is 1. The van der Waals surface area contributed by atoms with E-state index in [9.17, 15) is 9.59 Å². The van der Waals surface area contributed by atoms with E-state index in [1.165, 1.54) is 4.90 Å². The Morgan fingerprint density at radius 3 is 2.70 bits per heavy atom. The van der Waals surface area contributed by atoms with Crippen LogP contribution in [0.5, 0.6) is 5.75 Å². The fourth-order valence-corrected chi connectivity index (χ4v) is 2.68. The van der Waals surface area contributed by atoms with Gasteiger partial charge in [-0.2, -0.15) is 0 Å². The quantitative estimate of drug-likeness (QED) is 0.908. The summed E-state index contributed by atoms with van der Waals surface area (Å²) >= 11 is 5.92. The van der Waals surface area contributed by atoms with Gasteiger partial charge in [-0.3, -0.25) is 4.79 Å². The van der Waals surface area contributed by atoms with Gasteiger partial charge in [-0.05, 0) is 39.0 Å². The maximum Gasteiger partial charge on any atom is 0.334 e. The third-order valence-electron chi connectivity index (χ3n) is 3.51. The van der Waals surface area contributed by atoms with Crippen molar-refractivity contribution in [1.29, 1.82) is 0 Å². The number of rotatable bonds is 4. The molecule has 1 aliphatic heterocycles. The minimum atomic E-state index is -1.15. The summed E-state index contributed by atoms with van der Waals surface area (Å²) in [5, 5.41) is 9.63. The molecule has 1 aliphatic rings. The zero-order valence-corrected chi connectivity index (χ0v) is 14.0. The van der Waals surface area contributed by atoms with Gasteiger partial charge in [0.1, 0.15) is 5.75 Å². The number of carbonyl (C=O) groups is 2. The smallest absolute Gasteiger partial charge is 0.334 e. The molecule has 1 aromatic carbocycles. The maximum absolute atomic E-state index is 12.7. The largest absolute Gasteiger partial charge is 0.479 e. The van der Waals surface area contributed by atoms with Gasteiger partial charge in [-0.15, -0.1) is 0 Å². The second-order valence-electron chi connectivity index (χ2n) is 6.05. The number of carbonyl (C=O) groups excluding carboxylic acids is 1. The molecule has 2 atom stereocenters. The van der Waals surface area contributed by atoms with E-state index in [0.717, 1.165) is 0 Å². The van der Waals surface area contributed by atoms with Crippen LogP contribution in [0.1, 0.15) is 20.8 Å². The zero-order valence-electron chi connectivity index (χ0n) is 13.3. The summed E-state index contributed by atoms with van der Waals surface area (Å²) in [6, 6.07) is 6.78. The monoisotopic (exact) mass is 341 g/mol. The molecule has 0 aromatic heterocycles. The molecule has 1 N–H and O–H groups in total. The molecule has 7 heteroatoms. The number of hydrogen-bond acceptors (Lipinski definition) is 4. The van der Waals surface area contributed by atoms with Crippen molar-refractivity contribution in [2.45, 2.75) is 38.6 Å². The Hall–Kier alpha value is -1.79. The number of benzene rings is 1. The molecular weight excluding hydrogens is 322 g/mol. The summed E-state index contributed by atoms with van der Waals surface area (Å²) in [4.78, 5) is 25.3. The summed E-state index contributed by atoms with van der Waals surface area (Å²) in [6.07, 6.45) is -1.37. The standard InChI is InChI=1S/C16H20ClNO5/c1-10-8-18(9-13(22-10)14(19)20)15(21)16(2,3)23-12-6-4-5-11(17)7-12/h4-7,10,13H,8-9H2,1-3H3,(H,19,20)/t10-,13?/m1/s1. The van der Waals surface area contributed by atoms with Crippen molar-refractivity contribution < 1.29 is 24.2 Å². The first-order valence-corrected chi connectivity index (χ1v) is 7.69. The third-order valence-corrected chi connectivity index (χ3v) is 3.74. The Balaban J connectivity index is 2.12. The second-order valence-corrected chi connectivity index (χ2v) is 6.49. The zero-order chi connectivity index (χ0) is 17.2. The first-order valence-electron chi connectivity index (χ1n) is 7.31. The van der Waals surface area contributed by atoms with E-state index in [1.54, 1.807) is 45.0 Å². The van der Waals surface area contributed by atoms with E-state index in [4.69, 9.17) is 26.2 Å². The van der Waals surface area contributed by atoms with E-state index in [2.05, 4.69) is 0 Å². The van der Waals surface area contributed by atoms with Gasteiger partial charge in [-0.25, -0.2) is 4.79 Å². The number of hydrogen-bond donors (Lipinski definition) is 1. The predicted octanol–water partition coefficient (Wildman–Crippen LogP) is 2.20. The molecule has 0 saturated carbocycles. The van der Waals surface area contributed by atoms with Crippen LogP contribution in [0.2, 0.25) is 5.02 Å². The van der Waals surface area contributed by atoms with E-state index in [-0.39, 0.29) is 18.6 Å². The molecule has 1 saturated heterocycles. The van der Waals surface area contributed by atoms with Crippen LogP contribution in [-0.2, 0) is 14.3 Å². The Kier molecular flexibility index (Phi) is 5.16. The fraction of sp³-hybridized carbons (Fsp3) is 0.500. The summed E-state index contributed by atoms with van der Waals surface area (Å²) in [5.41, 5.74) is -1.15. The van der Waals surface area contributed by atoms with Gasteiger partial charge in [0.05, 0.1) is 12.6 Å². The highest BCUT2D eigenvalue weighted by atomic mass is 35.5. The molecule has 2 rings (SSSR count). The van der Waals surface area contributed by atoms with Crippen molar-refractivity contribution in [1.82, 2.24) is 4.90 Å². The summed E-state index contributed by atoms with van der Waals surface area (Å²) in [6.45, 7) is 5.35. The molecular formula is C16H20ClNO5. The van der Waals surface area contributed by atoms with Crippen LogP contribution in [0.4, 0.5) is 0 Å². The number of carboxylic acids is 1. The molecule has 0 radical (unpaired) electrons. The maximum atomic E-state index is 12.7. The molecule has 1 heterocycles. The van der Waals surface area contributed by atoms with Crippen LogP contribution in [0.25, 0.3) is 0 Å². The number of morpholine rings is 1. The minimum absolute atomic E-state index is 0.000836. The molecule has 1 fully saturated rings. The predicted molar refractivity (Wildman–Crippen MR) is 84.7 cm³/mol. The summed E-state index contributed by atoms with van der Waals surface area (Å²) in [5.74, 6) is -0.895. The van der Waals surface area contributed by atoms with Crippen molar-refractivity contribution in [3.05, 3.63) is 29.3 Å². The third kappa shape index (κ3) is 4.36. The lowest BCUT2D eigenvalue weighted by atomic mass is 10.1. The van der Waals surface area contributed by atoms with Gasteiger partial charge in [-0.1, -0.05) is 17.7 Å². The Labute approximate surface area is 139 Å². The molecule has 6 nitrogen and oxygen atoms in total. The SMILES string of the molecule is C[C@@H]1CN(C(=O)C(C)(C)Oc2cccc(Cl)c2)CC(C(=O)O)O1. The number of amides is 1. The molecule has 0 bridgehead atoms. The number of nitrogens with zero attached hydrogens (tertiary/aromatic N) is 1. The topological polar surface area (TPSA) is 76.1 Å². The van der Waals surface area contributed by atoms with Crippen LogP contribution in [-0.4, -0.2) is 52.8 Å². The first-order chi connectivity index (χ1) is 10.7. The van der Waals surface area contributed by atoms with Gasteiger partial charge in [0.2, 0.25) is 0 Å². The van der Waals surface area contributed by atoms with Gasteiger partial charge in [0.15, 0.2) is 11.7 Å². The lowest BCUT2D eigenvalue weighted by Gasteiger charge is -2.38. The van der Waals surface area contributed by atoms with Crippen molar-refractivity contribution in [3.63, 3.8) is 0 Å². The number of ether oxygens (including phenoxy) is 2. The summed E-state index contributed by atoms with van der Waals surface area (Å²) < 4.78 is 11.1. The van der Waals surface area contributed by atoms with E-state index >= 15 is 0 Å². The van der Waals surface area contributed by atoms with Crippen LogP contribution in [0.15, 0.2) is 24.3 Å². The first kappa shape index (κ1) is 17.6. The van der Waals surface area contributed by atoms with E-state index < -0.39 is 17.7 Å². The molecule has 1 amide bonds. The van der Waals surface area contributed by atoms with Gasteiger partial charge in [0.25, 0.3) is 5.91 Å². The Bertz CT molecular complexity index is 604. The normalized spacial score (nSPS) is 21.8. The fourth-order valence-electron chi connectivity index (χ4n) is 2.50. The van der Waals surface area contributed by atoms with Crippen LogP contribution in [0.3, 0.4) is 0 Å². The molecule has 0 aliphatic carbocycles. The minimum Gasteiger partial charge on any atom is -0.479 e. The molecule has 1 unspecified atom stereocenters. The molecule has 126 valence electrons. The van der Waals surface area contributed by atoms with Crippen LogP contribution >= 0.6 is 11.6 Å². The second kappa shape index (κ2) is 6.76.